The highest BCUT2D eigenvalue weighted by Crippen LogP contribution is 2.32. The Labute approximate surface area is 176 Å². The number of alkyl halides is 1. The summed E-state index contributed by atoms with van der Waals surface area (Å²) in [6.45, 7) is 7.74. The van der Waals surface area contributed by atoms with Gasteiger partial charge in [-0.25, -0.2) is 4.79 Å². The number of hydrogen-bond donors (Lipinski definition) is 2. The highest BCUT2D eigenvalue weighted by atomic mass is 35.5. The van der Waals surface area contributed by atoms with Crippen molar-refractivity contribution < 1.29 is 14.3 Å². The minimum absolute atomic E-state index is 0.231. The van der Waals surface area contributed by atoms with Gasteiger partial charge in [0.05, 0.1) is 18.2 Å². The molecule has 0 fully saturated rings. The Bertz CT molecular complexity index is 808. The van der Waals surface area contributed by atoms with Gasteiger partial charge < -0.3 is 20.3 Å². The molecule has 0 spiro atoms. The van der Waals surface area contributed by atoms with Crippen LogP contribution in [0.4, 0.5) is 5.69 Å². The van der Waals surface area contributed by atoms with Crippen molar-refractivity contribution in [3.8, 4) is 0 Å². The first kappa shape index (κ1) is 22.2. The molecule has 0 bridgehead atoms. The van der Waals surface area contributed by atoms with E-state index in [1.807, 2.05) is 26.8 Å². The van der Waals surface area contributed by atoms with Crippen LogP contribution in [0.15, 0.2) is 35.5 Å². The molecule has 0 saturated carbocycles. The summed E-state index contributed by atoms with van der Waals surface area (Å²) < 4.78 is 5.48. The molecule has 0 saturated heterocycles. The number of benzene rings is 1. The number of rotatable bonds is 6. The maximum absolute atomic E-state index is 12.8. The molecule has 152 valence electrons. The molecule has 1 aliphatic rings. The van der Waals surface area contributed by atoms with E-state index in [-0.39, 0.29) is 17.8 Å². The fourth-order valence-corrected chi connectivity index (χ4v) is 3.02. The van der Waals surface area contributed by atoms with E-state index >= 15 is 0 Å². The fraction of sp³-hybridized carbons (Fsp3) is 0.450. The number of esters is 1. The molecule has 1 amide bonds. The van der Waals surface area contributed by atoms with Crippen LogP contribution in [0.25, 0.3) is 0 Å². The summed E-state index contributed by atoms with van der Waals surface area (Å²) in [5.41, 5.74) is 2.60. The number of anilines is 1. The molecule has 0 aromatic heterocycles. The number of thiocarbonyl (C=S) groups is 1. The van der Waals surface area contributed by atoms with Crippen LogP contribution in [0.1, 0.15) is 39.3 Å². The van der Waals surface area contributed by atoms with E-state index in [1.54, 1.807) is 37.1 Å². The van der Waals surface area contributed by atoms with Crippen molar-refractivity contribution in [2.45, 2.75) is 39.1 Å². The van der Waals surface area contributed by atoms with Crippen LogP contribution in [-0.2, 0) is 14.3 Å². The number of nitrogens with zero attached hydrogens (tertiary/aromatic N) is 1. The Balaban J connectivity index is 2.39. The quantitative estimate of drug-likeness (QED) is 0.414. The molecule has 2 N–H and O–H groups in total. The molecule has 2 unspecified atom stereocenters. The van der Waals surface area contributed by atoms with Gasteiger partial charge in [0.1, 0.15) is 5.38 Å². The first-order chi connectivity index (χ1) is 13.1. The van der Waals surface area contributed by atoms with Gasteiger partial charge in [-0.15, -0.1) is 11.6 Å². The number of amides is 1. The normalized spacial score (nSPS) is 18.0. The number of allylic oxidation sites excluding steroid dienone is 1. The summed E-state index contributed by atoms with van der Waals surface area (Å²) in [5.74, 6) is -0.453. The number of ether oxygens (including phenoxy) is 1. The van der Waals surface area contributed by atoms with Crippen molar-refractivity contribution in [1.29, 1.82) is 0 Å². The van der Waals surface area contributed by atoms with Crippen LogP contribution in [0.5, 0.6) is 0 Å². The van der Waals surface area contributed by atoms with E-state index in [4.69, 9.17) is 28.6 Å². The molecular formula is C20H26ClN3O3S. The Morgan fingerprint density at radius 1 is 1.36 bits per heavy atom. The van der Waals surface area contributed by atoms with Crippen molar-refractivity contribution in [1.82, 2.24) is 10.2 Å². The maximum atomic E-state index is 12.8. The fourth-order valence-electron chi connectivity index (χ4n) is 2.71. The highest BCUT2D eigenvalue weighted by molar-refractivity contribution is 7.80. The minimum atomic E-state index is -0.651. The average Bonchev–Trinajstić information content (AvgIpc) is 2.64. The van der Waals surface area contributed by atoms with E-state index in [0.29, 0.717) is 23.0 Å². The molecule has 1 aliphatic heterocycles. The van der Waals surface area contributed by atoms with Gasteiger partial charge in [0.25, 0.3) is 0 Å². The summed E-state index contributed by atoms with van der Waals surface area (Å²) in [7, 11) is 1.80. The van der Waals surface area contributed by atoms with Crippen molar-refractivity contribution in [2.75, 3.05) is 19.0 Å². The SMILES string of the molecule is CC1=C(C(=O)OCC(C)C)C(c2cccc(NC(=O)C(C)Cl)c2)NC(=S)N1C. The van der Waals surface area contributed by atoms with Crippen LogP contribution < -0.4 is 10.6 Å². The Morgan fingerprint density at radius 3 is 2.64 bits per heavy atom. The summed E-state index contributed by atoms with van der Waals surface area (Å²) in [6, 6.07) is 6.76. The van der Waals surface area contributed by atoms with Crippen molar-refractivity contribution in [3.63, 3.8) is 0 Å². The minimum Gasteiger partial charge on any atom is -0.462 e. The monoisotopic (exact) mass is 423 g/mol. The second kappa shape index (κ2) is 9.39. The second-order valence-corrected chi connectivity index (χ2v) is 8.20. The lowest BCUT2D eigenvalue weighted by molar-refractivity contribution is -0.140. The lowest BCUT2D eigenvalue weighted by atomic mass is 9.94. The molecule has 6 nitrogen and oxygen atoms in total. The summed E-state index contributed by atoms with van der Waals surface area (Å²) in [6.07, 6.45) is 0. The molecular weight excluding hydrogens is 398 g/mol. The standard InChI is InChI=1S/C20H26ClN3O3S/c1-11(2)10-27-19(26)16-13(4)24(5)20(28)23-17(16)14-7-6-8-15(9-14)22-18(25)12(3)21/h6-9,11-12,17H,10H2,1-5H3,(H,22,25)(H,23,28). The van der Waals surface area contributed by atoms with E-state index < -0.39 is 11.4 Å². The summed E-state index contributed by atoms with van der Waals surface area (Å²) >= 11 is 11.2. The smallest absolute Gasteiger partial charge is 0.338 e. The third-order valence-corrected chi connectivity index (χ3v) is 4.96. The molecule has 1 aromatic carbocycles. The largest absolute Gasteiger partial charge is 0.462 e. The average molecular weight is 424 g/mol. The number of hydrogen-bond acceptors (Lipinski definition) is 4. The predicted octanol–water partition coefficient (Wildman–Crippen LogP) is 3.59. The molecule has 1 aromatic rings. The molecule has 28 heavy (non-hydrogen) atoms. The van der Waals surface area contributed by atoms with Crippen molar-refractivity contribution >= 4 is 46.5 Å². The van der Waals surface area contributed by atoms with Gasteiger partial charge in [0, 0.05) is 18.4 Å². The molecule has 0 radical (unpaired) electrons. The van der Waals surface area contributed by atoms with Gasteiger partial charge in [0.2, 0.25) is 5.91 Å². The number of halogens is 1. The highest BCUT2D eigenvalue weighted by Gasteiger charge is 2.33. The molecule has 8 heteroatoms. The topological polar surface area (TPSA) is 70.7 Å². The lowest BCUT2D eigenvalue weighted by Crippen LogP contribution is -2.46. The summed E-state index contributed by atoms with van der Waals surface area (Å²) in [5, 5.41) is 5.81. The number of carbonyl (C=O) groups excluding carboxylic acids is 2. The summed E-state index contributed by atoms with van der Waals surface area (Å²) in [4.78, 5) is 26.5. The van der Waals surface area contributed by atoms with E-state index in [9.17, 15) is 9.59 Å². The zero-order chi connectivity index (χ0) is 21.0. The van der Waals surface area contributed by atoms with Crippen molar-refractivity contribution in [3.05, 3.63) is 41.1 Å². The molecule has 1 heterocycles. The van der Waals surface area contributed by atoms with Gasteiger partial charge >= 0.3 is 5.97 Å². The van der Waals surface area contributed by atoms with Gasteiger partial charge in [-0.3, -0.25) is 4.79 Å². The zero-order valence-corrected chi connectivity index (χ0v) is 18.3. The van der Waals surface area contributed by atoms with Crippen LogP contribution in [-0.4, -0.2) is 40.9 Å². The predicted molar refractivity (Wildman–Crippen MR) is 115 cm³/mol. The lowest BCUT2D eigenvalue weighted by Gasteiger charge is -2.35. The van der Waals surface area contributed by atoms with Crippen LogP contribution in [0.2, 0.25) is 0 Å². The first-order valence-electron chi connectivity index (χ1n) is 9.08. The van der Waals surface area contributed by atoms with E-state index in [2.05, 4.69) is 10.6 Å². The van der Waals surface area contributed by atoms with Crippen LogP contribution in [0, 0.1) is 5.92 Å². The van der Waals surface area contributed by atoms with Gasteiger partial charge in [-0.1, -0.05) is 26.0 Å². The van der Waals surface area contributed by atoms with Crippen molar-refractivity contribution in [2.24, 2.45) is 5.92 Å². The van der Waals surface area contributed by atoms with Crippen LogP contribution in [0.3, 0.4) is 0 Å². The molecule has 2 rings (SSSR count). The number of nitrogens with one attached hydrogen (secondary N) is 2. The van der Waals surface area contributed by atoms with Crippen LogP contribution >= 0.6 is 23.8 Å². The first-order valence-corrected chi connectivity index (χ1v) is 9.93. The Kier molecular flexibility index (Phi) is 7.43. The third kappa shape index (κ3) is 5.23. The van der Waals surface area contributed by atoms with Gasteiger partial charge in [-0.05, 0) is 49.7 Å². The van der Waals surface area contributed by atoms with E-state index in [0.717, 1.165) is 11.3 Å². The zero-order valence-electron chi connectivity index (χ0n) is 16.7. The van der Waals surface area contributed by atoms with E-state index in [1.165, 1.54) is 0 Å². The van der Waals surface area contributed by atoms with Gasteiger partial charge in [-0.2, -0.15) is 0 Å². The molecule has 2 atom stereocenters. The third-order valence-electron chi connectivity index (χ3n) is 4.37. The Hall–Kier alpha value is -2.12. The van der Waals surface area contributed by atoms with Gasteiger partial charge in [0.15, 0.2) is 5.11 Å². The maximum Gasteiger partial charge on any atom is 0.338 e. The number of carbonyl (C=O) groups is 2. The second-order valence-electron chi connectivity index (χ2n) is 7.16. The Morgan fingerprint density at radius 2 is 2.04 bits per heavy atom. The molecule has 0 aliphatic carbocycles.